The Morgan fingerprint density at radius 2 is 2.50 bits per heavy atom. The van der Waals surface area contributed by atoms with Crippen molar-refractivity contribution in [1.82, 2.24) is 0 Å². The lowest BCUT2D eigenvalue weighted by Gasteiger charge is -1.96. The quantitative estimate of drug-likeness (QED) is 0.280. The lowest BCUT2D eigenvalue weighted by molar-refractivity contribution is -0.137. The summed E-state index contributed by atoms with van der Waals surface area (Å²) < 4.78 is 4.51. The van der Waals surface area contributed by atoms with Gasteiger partial charge in [0.2, 0.25) is 0 Å². The zero-order chi connectivity index (χ0) is 7.98. The molecule has 0 radical (unpaired) electrons. The van der Waals surface area contributed by atoms with Crippen molar-refractivity contribution >= 4 is 18.6 Å². The van der Waals surface area contributed by atoms with E-state index >= 15 is 0 Å². The number of hydrogen-bond acceptors (Lipinski definition) is 4. The van der Waals surface area contributed by atoms with E-state index in [1.54, 1.807) is 13.0 Å². The highest BCUT2D eigenvalue weighted by molar-refractivity contribution is 7.83. The third-order valence-electron chi connectivity index (χ3n) is 0.745. The number of nitrogens with zero attached hydrogens (tertiary/aromatic N) is 1. The molecule has 0 aromatic rings. The van der Waals surface area contributed by atoms with Crippen LogP contribution in [0.15, 0.2) is 11.0 Å². The molecule has 10 heavy (non-hydrogen) atoms. The SMILES string of the molecule is CCOC(=O)/C(C#N)=C/S. The summed E-state index contributed by atoms with van der Waals surface area (Å²) in [5, 5.41) is 9.38. The number of esters is 1. The standard InChI is InChI=1S/C6H7NO2S/c1-2-9-6(8)5(3-7)4-10/h4,10H,2H2,1H3/b5-4+. The van der Waals surface area contributed by atoms with Crippen molar-refractivity contribution in [2.45, 2.75) is 6.92 Å². The van der Waals surface area contributed by atoms with Gasteiger partial charge in [-0.25, -0.2) is 4.79 Å². The predicted molar refractivity (Wildman–Crippen MR) is 39.3 cm³/mol. The maximum Gasteiger partial charge on any atom is 0.349 e. The number of carbonyl (C=O) groups is 1. The second-order valence-corrected chi connectivity index (χ2v) is 1.63. The molecule has 4 heteroatoms. The molecule has 0 rings (SSSR count). The fourth-order valence-electron chi connectivity index (χ4n) is 0.336. The van der Waals surface area contributed by atoms with Crippen LogP contribution in [0.4, 0.5) is 0 Å². The fraction of sp³-hybridized carbons (Fsp3) is 0.333. The molecule has 0 bridgehead atoms. The molecule has 0 aromatic heterocycles. The number of hydrogen-bond donors (Lipinski definition) is 1. The highest BCUT2D eigenvalue weighted by Gasteiger charge is 2.06. The van der Waals surface area contributed by atoms with Crippen molar-refractivity contribution in [1.29, 1.82) is 5.26 Å². The molecule has 0 saturated heterocycles. The van der Waals surface area contributed by atoms with Crippen LogP contribution in [0, 0.1) is 11.3 Å². The molecular weight excluding hydrogens is 150 g/mol. The maximum atomic E-state index is 10.6. The second kappa shape index (κ2) is 4.89. The summed E-state index contributed by atoms with van der Waals surface area (Å²) in [5.74, 6) is -0.625. The largest absolute Gasteiger partial charge is 0.462 e. The molecule has 0 atom stereocenters. The normalized spacial score (nSPS) is 10.3. The topological polar surface area (TPSA) is 50.1 Å². The summed E-state index contributed by atoms with van der Waals surface area (Å²) in [6.07, 6.45) is 0. The van der Waals surface area contributed by atoms with Crippen LogP contribution < -0.4 is 0 Å². The van der Waals surface area contributed by atoms with Crippen LogP contribution in [-0.2, 0) is 9.53 Å². The monoisotopic (exact) mass is 157 g/mol. The van der Waals surface area contributed by atoms with Gasteiger partial charge in [0.05, 0.1) is 6.61 Å². The van der Waals surface area contributed by atoms with Gasteiger partial charge in [-0.3, -0.25) is 0 Å². The molecule has 0 fully saturated rings. The van der Waals surface area contributed by atoms with Gasteiger partial charge in [-0.1, -0.05) is 0 Å². The Morgan fingerprint density at radius 1 is 1.90 bits per heavy atom. The van der Waals surface area contributed by atoms with Crippen LogP contribution >= 0.6 is 12.6 Å². The molecule has 0 aliphatic rings. The van der Waals surface area contributed by atoms with Crippen LogP contribution in [0.5, 0.6) is 0 Å². The fourth-order valence-corrected chi connectivity index (χ4v) is 0.499. The van der Waals surface area contributed by atoms with Crippen LogP contribution in [0.25, 0.3) is 0 Å². The molecule has 0 saturated carbocycles. The van der Waals surface area contributed by atoms with Crippen LogP contribution in [0.2, 0.25) is 0 Å². The van der Waals surface area contributed by atoms with Crippen molar-refractivity contribution in [2.24, 2.45) is 0 Å². The van der Waals surface area contributed by atoms with Crippen molar-refractivity contribution in [2.75, 3.05) is 6.61 Å². The van der Waals surface area contributed by atoms with Gasteiger partial charge in [0.15, 0.2) is 0 Å². The van der Waals surface area contributed by atoms with Gasteiger partial charge >= 0.3 is 5.97 Å². The summed E-state index contributed by atoms with van der Waals surface area (Å²) in [6.45, 7) is 1.94. The van der Waals surface area contributed by atoms with E-state index in [2.05, 4.69) is 17.4 Å². The van der Waals surface area contributed by atoms with Gasteiger partial charge in [-0.15, -0.1) is 12.6 Å². The minimum absolute atomic E-state index is 0.0785. The van der Waals surface area contributed by atoms with Gasteiger partial charge in [0, 0.05) is 0 Å². The molecule has 3 nitrogen and oxygen atoms in total. The molecule has 0 amide bonds. The molecule has 0 heterocycles. The summed E-state index contributed by atoms with van der Waals surface area (Å²) in [7, 11) is 0. The number of nitriles is 1. The smallest absolute Gasteiger partial charge is 0.349 e. The molecule has 0 aliphatic heterocycles. The zero-order valence-corrected chi connectivity index (χ0v) is 6.39. The van der Waals surface area contributed by atoms with E-state index in [0.29, 0.717) is 0 Å². The van der Waals surface area contributed by atoms with Gasteiger partial charge in [0.1, 0.15) is 11.6 Å². The summed E-state index contributed by atoms with van der Waals surface area (Å²) >= 11 is 3.64. The first kappa shape index (κ1) is 9.05. The maximum absolute atomic E-state index is 10.6. The molecule has 0 spiro atoms. The van der Waals surface area contributed by atoms with Crippen LogP contribution in [-0.4, -0.2) is 12.6 Å². The second-order valence-electron chi connectivity index (χ2n) is 1.38. The Balaban J connectivity index is 4.08. The molecule has 0 N–H and O–H groups in total. The number of carbonyl (C=O) groups excluding carboxylic acids is 1. The summed E-state index contributed by atoms with van der Waals surface area (Å²) in [6, 6.07) is 1.65. The zero-order valence-electron chi connectivity index (χ0n) is 5.50. The Bertz CT molecular complexity index is 192. The highest BCUT2D eigenvalue weighted by Crippen LogP contribution is 1.97. The first-order chi connectivity index (χ1) is 4.76. The van der Waals surface area contributed by atoms with Crippen LogP contribution in [0.3, 0.4) is 0 Å². The number of ether oxygens (including phenoxy) is 1. The number of rotatable bonds is 2. The molecule has 0 aliphatic carbocycles. The van der Waals surface area contributed by atoms with Crippen LogP contribution in [0.1, 0.15) is 6.92 Å². The molecule has 54 valence electrons. The van der Waals surface area contributed by atoms with Crippen molar-refractivity contribution in [3.05, 3.63) is 11.0 Å². The highest BCUT2D eigenvalue weighted by atomic mass is 32.1. The van der Waals surface area contributed by atoms with Gasteiger partial charge < -0.3 is 4.74 Å². The third kappa shape index (κ3) is 2.55. The summed E-state index contributed by atoms with van der Waals surface area (Å²) in [5.41, 5.74) is -0.0785. The van der Waals surface area contributed by atoms with E-state index < -0.39 is 5.97 Å². The third-order valence-corrected chi connectivity index (χ3v) is 1.00. The minimum Gasteiger partial charge on any atom is -0.462 e. The van der Waals surface area contributed by atoms with Crippen molar-refractivity contribution in [3.63, 3.8) is 0 Å². The van der Waals surface area contributed by atoms with E-state index in [9.17, 15) is 4.79 Å². The first-order valence-electron chi connectivity index (χ1n) is 2.67. The predicted octanol–water partition coefficient (Wildman–Crippen LogP) is 0.887. The van der Waals surface area contributed by atoms with E-state index in [0.717, 1.165) is 5.41 Å². The first-order valence-corrected chi connectivity index (χ1v) is 3.19. The lowest BCUT2D eigenvalue weighted by Crippen LogP contribution is -2.05. The average molecular weight is 157 g/mol. The average Bonchev–Trinajstić information content (AvgIpc) is 1.91. The van der Waals surface area contributed by atoms with Gasteiger partial charge in [-0.2, -0.15) is 5.26 Å². The van der Waals surface area contributed by atoms with E-state index in [4.69, 9.17) is 5.26 Å². The van der Waals surface area contributed by atoms with Crippen molar-refractivity contribution in [3.8, 4) is 6.07 Å². The lowest BCUT2D eigenvalue weighted by atomic mass is 10.3. The molecular formula is C6H7NO2S. The van der Waals surface area contributed by atoms with E-state index in [1.165, 1.54) is 0 Å². The summed E-state index contributed by atoms with van der Waals surface area (Å²) in [4.78, 5) is 10.6. The van der Waals surface area contributed by atoms with E-state index in [1.807, 2.05) is 0 Å². The van der Waals surface area contributed by atoms with E-state index in [-0.39, 0.29) is 12.2 Å². The molecule has 0 unspecified atom stereocenters. The van der Waals surface area contributed by atoms with Gasteiger partial charge in [0.25, 0.3) is 0 Å². The number of thiol groups is 1. The minimum atomic E-state index is -0.625. The Kier molecular flexibility index (Phi) is 4.42. The Labute approximate surface area is 64.7 Å². The Morgan fingerprint density at radius 3 is 2.80 bits per heavy atom. The molecule has 0 aromatic carbocycles. The van der Waals surface area contributed by atoms with Gasteiger partial charge in [-0.05, 0) is 12.3 Å². The van der Waals surface area contributed by atoms with Crippen molar-refractivity contribution < 1.29 is 9.53 Å². The Hall–Kier alpha value is -0.950.